The molecule has 3 rings (SSSR count). The molecule has 6 heteroatoms. The van der Waals surface area contributed by atoms with Crippen molar-refractivity contribution in [2.24, 2.45) is 0 Å². The van der Waals surface area contributed by atoms with Crippen LogP contribution in [-0.4, -0.2) is 37.8 Å². The molecule has 1 N–H and O–H groups in total. The van der Waals surface area contributed by atoms with E-state index in [1.165, 1.54) is 6.07 Å². The maximum Gasteiger partial charge on any atom is 0.253 e. The van der Waals surface area contributed by atoms with Gasteiger partial charge in [0.2, 0.25) is 0 Å². The van der Waals surface area contributed by atoms with Gasteiger partial charge in [0.05, 0.1) is 30.7 Å². The van der Waals surface area contributed by atoms with Gasteiger partial charge in [-0.3, -0.25) is 4.79 Å². The Morgan fingerprint density at radius 2 is 1.82 bits per heavy atom. The third kappa shape index (κ3) is 3.92. The summed E-state index contributed by atoms with van der Waals surface area (Å²) in [5, 5.41) is 2.83. The van der Waals surface area contributed by atoms with E-state index < -0.39 is 0 Å². The van der Waals surface area contributed by atoms with Crippen LogP contribution < -0.4 is 10.1 Å². The van der Waals surface area contributed by atoms with Crippen LogP contribution in [0.2, 0.25) is 0 Å². The molecular weight excluding hydrogens is 359 g/mol. The highest BCUT2D eigenvalue weighted by molar-refractivity contribution is 5.97. The molecule has 1 amide bonds. The lowest BCUT2D eigenvalue weighted by molar-refractivity contribution is 0.0936. The highest BCUT2D eigenvalue weighted by Gasteiger charge is 2.21. The summed E-state index contributed by atoms with van der Waals surface area (Å²) < 4.78 is 26.5. The summed E-state index contributed by atoms with van der Waals surface area (Å²) in [4.78, 5) is 12.7. The molecule has 0 radical (unpaired) electrons. The molecule has 1 aromatic heterocycles. The van der Waals surface area contributed by atoms with Crippen LogP contribution in [0.4, 0.5) is 4.39 Å². The average Bonchev–Trinajstić information content (AvgIpc) is 3.05. The maximum atomic E-state index is 14.6. The second-order valence-corrected chi connectivity index (χ2v) is 6.29. The third-order valence-electron chi connectivity index (χ3n) is 4.56. The SMILES string of the molecule is COCCNC(=O)c1cc(-c2ccc(OC)cc2)n(-c2ccccc2F)c1C. The van der Waals surface area contributed by atoms with Crippen molar-refractivity contribution in [3.8, 4) is 22.7 Å². The van der Waals surface area contributed by atoms with Gasteiger partial charge in [-0.2, -0.15) is 0 Å². The lowest BCUT2D eigenvalue weighted by Gasteiger charge is -2.13. The fraction of sp³-hybridized carbons (Fsp3) is 0.227. The first-order chi connectivity index (χ1) is 13.6. The molecule has 2 aromatic carbocycles. The molecule has 0 aliphatic heterocycles. The van der Waals surface area contributed by atoms with Gasteiger partial charge in [0.15, 0.2) is 0 Å². The molecule has 0 saturated heterocycles. The molecule has 0 fully saturated rings. The van der Waals surface area contributed by atoms with Crippen molar-refractivity contribution in [3.05, 3.63) is 71.7 Å². The molecule has 1 heterocycles. The normalized spacial score (nSPS) is 10.7. The number of hydrogen-bond acceptors (Lipinski definition) is 3. The van der Waals surface area contributed by atoms with E-state index in [2.05, 4.69) is 5.32 Å². The average molecular weight is 382 g/mol. The van der Waals surface area contributed by atoms with Crippen LogP contribution >= 0.6 is 0 Å². The molecule has 0 spiro atoms. The minimum atomic E-state index is -0.359. The number of nitrogens with one attached hydrogen (secondary N) is 1. The number of nitrogens with zero attached hydrogens (tertiary/aromatic N) is 1. The highest BCUT2D eigenvalue weighted by atomic mass is 19.1. The van der Waals surface area contributed by atoms with Gasteiger partial charge >= 0.3 is 0 Å². The van der Waals surface area contributed by atoms with Crippen LogP contribution in [0.3, 0.4) is 0 Å². The Balaban J connectivity index is 2.12. The third-order valence-corrected chi connectivity index (χ3v) is 4.56. The minimum Gasteiger partial charge on any atom is -0.497 e. The number of aromatic nitrogens is 1. The van der Waals surface area contributed by atoms with E-state index in [9.17, 15) is 9.18 Å². The lowest BCUT2D eigenvalue weighted by atomic mass is 10.1. The topological polar surface area (TPSA) is 52.5 Å². The Hall–Kier alpha value is -3.12. The highest BCUT2D eigenvalue weighted by Crippen LogP contribution is 2.31. The number of rotatable bonds is 7. The number of carbonyl (C=O) groups excluding carboxylic acids is 1. The first-order valence-corrected chi connectivity index (χ1v) is 8.95. The Morgan fingerprint density at radius 1 is 1.11 bits per heavy atom. The second-order valence-electron chi connectivity index (χ2n) is 6.29. The first kappa shape index (κ1) is 19.6. The number of para-hydroxylation sites is 1. The Morgan fingerprint density at radius 3 is 2.46 bits per heavy atom. The maximum absolute atomic E-state index is 14.6. The molecule has 0 aliphatic carbocycles. The van der Waals surface area contributed by atoms with E-state index >= 15 is 0 Å². The van der Waals surface area contributed by atoms with Gasteiger partial charge in [-0.15, -0.1) is 0 Å². The van der Waals surface area contributed by atoms with Crippen LogP contribution in [0.5, 0.6) is 5.75 Å². The van der Waals surface area contributed by atoms with E-state index in [0.29, 0.717) is 30.1 Å². The molecule has 146 valence electrons. The first-order valence-electron chi connectivity index (χ1n) is 8.95. The standard InChI is InChI=1S/C22H23FN2O3/c1-15-18(22(26)24-12-13-27-2)14-21(16-8-10-17(28-3)11-9-16)25(15)20-7-5-4-6-19(20)23/h4-11,14H,12-13H2,1-3H3,(H,24,26). The van der Waals surface area contributed by atoms with Crippen LogP contribution in [-0.2, 0) is 4.74 Å². The van der Waals surface area contributed by atoms with Crippen molar-refractivity contribution in [1.82, 2.24) is 9.88 Å². The molecule has 0 aliphatic rings. The monoisotopic (exact) mass is 382 g/mol. The minimum absolute atomic E-state index is 0.223. The number of ether oxygens (including phenoxy) is 2. The predicted molar refractivity (Wildman–Crippen MR) is 107 cm³/mol. The summed E-state index contributed by atoms with van der Waals surface area (Å²) in [6.07, 6.45) is 0. The summed E-state index contributed by atoms with van der Waals surface area (Å²) in [5.74, 6) is 0.142. The number of benzene rings is 2. The van der Waals surface area contributed by atoms with E-state index in [0.717, 1.165) is 17.0 Å². The van der Waals surface area contributed by atoms with Crippen LogP contribution in [0.15, 0.2) is 54.6 Å². The fourth-order valence-corrected chi connectivity index (χ4v) is 3.12. The van der Waals surface area contributed by atoms with Crippen molar-refractivity contribution in [3.63, 3.8) is 0 Å². The van der Waals surface area contributed by atoms with Gasteiger partial charge in [-0.1, -0.05) is 12.1 Å². The molecule has 3 aromatic rings. The van der Waals surface area contributed by atoms with E-state index in [-0.39, 0.29) is 11.7 Å². The van der Waals surface area contributed by atoms with E-state index in [1.807, 2.05) is 31.2 Å². The Labute approximate surface area is 163 Å². The van der Waals surface area contributed by atoms with Gasteiger partial charge in [0, 0.05) is 19.3 Å². The predicted octanol–water partition coefficient (Wildman–Crippen LogP) is 3.98. The number of amides is 1. The van der Waals surface area contributed by atoms with Crippen molar-refractivity contribution < 1.29 is 18.7 Å². The molecule has 0 saturated carbocycles. The number of carbonyl (C=O) groups is 1. The number of methoxy groups -OCH3 is 2. The van der Waals surface area contributed by atoms with Gasteiger partial charge in [0.1, 0.15) is 11.6 Å². The van der Waals surface area contributed by atoms with Crippen molar-refractivity contribution in [2.75, 3.05) is 27.4 Å². The summed E-state index contributed by atoms with van der Waals surface area (Å²) in [6.45, 7) is 2.63. The molecule has 28 heavy (non-hydrogen) atoms. The quantitative estimate of drug-likeness (QED) is 0.629. The zero-order chi connectivity index (χ0) is 20.1. The fourth-order valence-electron chi connectivity index (χ4n) is 3.12. The molecule has 0 atom stereocenters. The summed E-state index contributed by atoms with van der Waals surface area (Å²) in [5.41, 5.74) is 3.11. The van der Waals surface area contributed by atoms with Gasteiger partial charge in [-0.25, -0.2) is 4.39 Å². The van der Waals surface area contributed by atoms with E-state index in [1.54, 1.807) is 43.1 Å². The molecule has 0 unspecified atom stereocenters. The van der Waals surface area contributed by atoms with E-state index in [4.69, 9.17) is 9.47 Å². The second kappa shape index (κ2) is 8.71. The van der Waals surface area contributed by atoms with Gasteiger partial charge < -0.3 is 19.4 Å². The molecule has 0 bridgehead atoms. The smallest absolute Gasteiger partial charge is 0.253 e. The largest absolute Gasteiger partial charge is 0.497 e. The van der Waals surface area contributed by atoms with Gasteiger partial charge in [0.25, 0.3) is 5.91 Å². The molecule has 5 nitrogen and oxygen atoms in total. The van der Waals surface area contributed by atoms with Crippen LogP contribution in [0, 0.1) is 12.7 Å². The molecular formula is C22H23FN2O3. The number of hydrogen-bond donors (Lipinski definition) is 1. The van der Waals surface area contributed by atoms with Crippen LogP contribution in [0.25, 0.3) is 16.9 Å². The van der Waals surface area contributed by atoms with Gasteiger partial charge in [-0.05, 0) is 55.0 Å². The lowest BCUT2D eigenvalue weighted by Crippen LogP contribution is -2.27. The Kier molecular flexibility index (Phi) is 6.11. The van der Waals surface area contributed by atoms with Crippen molar-refractivity contribution in [2.45, 2.75) is 6.92 Å². The summed E-state index contributed by atoms with van der Waals surface area (Å²) in [6, 6.07) is 15.7. The summed E-state index contributed by atoms with van der Waals surface area (Å²) in [7, 11) is 3.18. The number of halogens is 1. The van der Waals surface area contributed by atoms with Crippen molar-refractivity contribution >= 4 is 5.91 Å². The Bertz CT molecular complexity index is 964. The van der Waals surface area contributed by atoms with Crippen molar-refractivity contribution in [1.29, 1.82) is 0 Å². The zero-order valence-electron chi connectivity index (χ0n) is 16.2. The van der Waals surface area contributed by atoms with Crippen LogP contribution in [0.1, 0.15) is 16.1 Å². The zero-order valence-corrected chi connectivity index (χ0v) is 16.2. The summed E-state index contributed by atoms with van der Waals surface area (Å²) >= 11 is 0.